The lowest BCUT2D eigenvalue weighted by Gasteiger charge is -2.20. The predicted octanol–water partition coefficient (Wildman–Crippen LogP) is 1.70. The molecule has 0 amide bonds. The van der Waals surface area contributed by atoms with E-state index >= 15 is 0 Å². The molecule has 1 unspecified atom stereocenters. The highest BCUT2D eigenvalue weighted by atomic mass is 16.1. The summed E-state index contributed by atoms with van der Waals surface area (Å²) in [5.41, 5.74) is 0. The third-order valence-corrected chi connectivity index (χ3v) is 3.94. The highest BCUT2D eigenvalue weighted by Crippen LogP contribution is 2.34. The summed E-state index contributed by atoms with van der Waals surface area (Å²) in [6.07, 6.45) is 7.96. The maximum atomic E-state index is 10.8. The topological polar surface area (TPSA) is 47.8 Å². The van der Waals surface area contributed by atoms with Gasteiger partial charge in [-0.1, -0.05) is 12.8 Å². The molecular formula is C12H17N3O. The van der Waals surface area contributed by atoms with Gasteiger partial charge in [-0.25, -0.2) is 0 Å². The first-order valence-electron chi connectivity index (χ1n) is 6.25. The fourth-order valence-corrected chi connectivity index (χ4v) is 2.98. The van der Waals surface area contributed by atoms with Crippen molar-refractivity contribution in [2.24, 2.45) is 5.92 Å². The number of carbonyl (C=O) groups is 1. The average Bonchev–Trinajstić information content (AvgIpc) is 2.96. The van der Waals surface area contributed by atoms with E-state index in [2.05, 4.69) is 14.8 Å². The Morgan fingerprint density at radius 1 is 1.19 bits per heavy atom. The summed E-state index contributed by atoms with van der Waals surface area (Å²) in [7, 11) is 0. The second kappa shape index (κ2) is 4.00. The van der Waals surface area contributed by atoms with Crippen LogP contribution in [0, 0.1) is 5.92 Å². The molecule has 4 nitrogen and oxygen atoms in total. The number of hydrogen-bond acceptors (Lipinski definition) is 3. The van der Waals surface area contributed by atoms with Gasteiger partial charge in [0.15, 0.2) is 0 Å². The monoisotopic (exact) mass is 219 g/mol. The van der Waals surface area contributed by atoms with Gasteiger partial charge in [-0.15, -0.1) is 10.2 Å². The number of aldehydes is 1. The first-order valence-corrected chi connectivity index (χ1v) is 6.25. The number of aromatic nitrogens is 3. The lowest BCUT2D eigenvalue weighted by atomic mass is 9.99. The van der Waals surface area contributed by atoms with Crippen LogP contribution >= 0.6 is 0 Å². The number of rotatable bonds is 2. The van der Waals surface area contributed by atoms with Crippen LogP contribution in [0.1, 0.15) is 49.7 Å². The first kappa shape index (κ1) is 10.00. The van der Waals surface area contributed by atoms with E-state index in [9.17, 15) is 4.79 Å². The van der Waals surface area contributed by atoms with Crippen LogP contribution in [0.25, 0.3) is 0 Å². The third kappa shape index (κ3) is 1.56. The molecule has 1 aromatic rings. The van der Waals surface area contributed by atoms with Gasteiger partial charge >= 0.3 is 0 Å². The molecule has 1 fully saturated rings. The van der Waals surface area contributed by atoms with E-state index in [0.717, 1.165) is 31.5 Å². The fourth-order valence-electron chi connectivity index (χ4n) is 2.98. The van der Waals surface area contributed by atoms with Gasteiger partial charge in [0.25, 0.3) is 0 Å². The Labute approximate surface area is 95.1 Å². The zero-order chi connectivity index (χ0) is 11.0. The Morgan fingerprint density at radius 3 is 2.75 bits per heavy atom. The van der Waals surface area contributed by atoms with Crippen LogP contribution in [-0.2, 0) is 17.8 Å². The molecular weight excluding hydrogens is 202 g/mol. The molecule has 0 radical (unpaired) electrons. The molecule has 0 N–H and O–H groups in total. The molecule has 3 rings (SSSR count). The number of hydrogen-bond donors (Lipinski definition) is 0. The van der Waals surface area contributed by atoms with Crippen LogP contribution in [0.5, 0.6) is 0 Å². The summed E-state index contributed by atoms with van der Waals surface area (Å²) in [5.74, 6) is 2.98. The molecule has 1 aliphatic heterocycles. The van der Waals surface area contributed by atoms with E-state index in [4.69, 9.17) is 0 Å². The fraction of sp³-hybridized carbons (Fsp3) is 0.750. The van der Waals surface area contributed by atoms with Crippen molar-refractivity contribution in [3.05, 3.63) is 11.6 Å². The molecule has 0 saturated heterocycles. The lowest BCUT2D eigenvalue weighted by Crippen LogP contribution is -2.22. The molecule has 0 bridgehead atoms. The van der Waals surface area contributed by atoms with E-state index in [0.29, 0.717) is 5.92 Å². The SMILES string of the molecule is O=CC1CCn2c(nnc2C2CCCC2)C1. The molecule has 86 valence electrons. The molecule has 2 heterocycles. The van der Waals surface area contributed by atoms with Gasteiger partial charge in [-0.3, -0.25) is 0 Å². The molecule has 1 saturated carbocycles. The molecule has 0 aromatic carbocycles. The highest BCUT2D eigenvalue weighted by Gasteiger charge is 2.27. The summed E-state index contributed by atoms with van der Waals surface area (Å²) in [4.78, 5) is 10.8. The number of carbonyl (C=O) groups excluding carboxylic acids is 1. The quantitative estimate of drug-likeness (QED) is 0.711. The normalized spacial score (nSPS) is 25.6. The van der Waals surface area contributed by atoms with Crippen molar-refractivity contribution in [1.29, 1.82) is 0 Å². The van der Waals surface area contributed by atoms with E-state index < -0.39 is 0 Å². The van der Waals surface area contributed by atoms with E-state index in [-0.39, 0.29) is 5.92 Å². The summed E-state index contributed by atoms with van der Waals surface area (Å²) < 4.78 is 2.26. The highest BCUT2D eigenvalue weighted by molar-refractivity contribution is 5.54. The van der Waals surface area contributed by atoms with Crippen molar-refractivity contribution in [3.8, 4) is 0 Å². The Kier molecular flexibility index (Phi) is 2.50. The maximum Gasteiger partial charge on any atom is 0.136 e. The van der Waals surface area contributed by atoms with Crippen molar-refractivity contribution in [1.82, 2.24) is 14.8 Å². The molecule has 16 heavy (non-hydrogen) atoms. The van der Waals surface area contributed by atoms with Crippen molar-refractivity contribution in [2.75, 3.05) is 0 Å². The van der Waals surface area contributed by atoms with Gasteiger partial charge in [0.1, 0.15) is 17.9 Å². The molecule has 0 spiro atoms. The van der Waals surface area contributed by atoms with Crippen LogP contribution in [0.15, 0.2) is 0 Å². The minimum absolute atomic E-state index is 0.160. The van der Waals surface area contributed by atoms with Gasteiger partial charge in [0.05, 0.1) is 0 Å². The summed E-state index contributed by atoms with van der Waals surface area (Å²) in [6, 6.07) is 0. The maximum absolute atomic E-state index is 10.8. The predicted molar refractivity (Wildman–Crippen MR) is 59.1 cm³/mol. The van der Waals surface area contributed by atoms with Crippen LogP contribution in [-0.4, -0.2) is 21.1 Å². The van der Waals surface area contributed by atoms with Gasteiger partial charge < -0.3 is 9.36 Å². The zero-order valence-electron chi connectivity index (χ0n) is 9.43. The van der Waals surface area contributed by atoms with Gasteiger partial charge in [-0.2, -0.15) is 0 Å². The van der Waals surface area contributed by atoms with Crippen LogP contribution in [0.3, 0.4) is 0 Å². The standard InChI is InChI=1S/C12H17N3O/c16-8-9-5-6-15-11(7-9)13-14-12(15)10-3-1-2-4-10/h8-10H,1-7H2. The second-order valence-electron chi connectivity index (χ2n) is 5.00. The van der Waals surface area contributed by atoms with Crippen molar-refractivity contribution in [2.45, 2.75) is 51.0 Å². The van der Waals surface area contributed by atoms with E-state index in [1.807, 2.05) is 0 Å². The molecule has 1 atom stereocenters. The van der Waals surface area contributed by atoms with Crippen LogP contribution in [0.4, 0.5) is 0 Å². The van der Waals surface area contributed by atoms with Crippen molar-refractivity contribution < 1.29 is 4.79 Å². The van der Waals surface area contributed by atoms with Crippen LogP contribution < -0.4 is 0 Å². The zero-order valence-corrected chi connectivity index (χ0v) is 9.43. The van der Waals surface area contributed by atoms with Gasteiger partial charge in [-0.05, 0) is 19.3 Å². The molecule has 4 heteroatoms. The molecule has 1 aromatic heterocycles. The molecule has 2 aliphatic rings. The Balaban J connectivity index is 1.87. The second-order valence-corrected chi connectivity index (χ2v) is 5.00. The van der Waals surface area contributed by atoms with Crippen LogP contribution in [0.2, 0.25) is 0 Å². The minimum atomic E-state index is 0.160. The Morgan fingerprint density at radius 2 is 2.00 bits per heavy atom. The Bertz CT molecular complexity index is 393. The smallest absolute Gasteiger partial charge is 0.136 e. The first-order chi connectivity index (χ1) is 7.88. The minimum Gasteiger partial charge on any atom is -0.315 e. The van der Waals surface area contributed by atoms with Crippen molar-refractivity contribution in [3.63, 3.8) is 0 Å². The average molecular weight is 219 g/mol. The number of nitrogens with zero attached hydrogens (tertiary/aromatic N) is 3. The van der Waals surface area contributed by atoms with E-state index in [1.54, 1.807) is 0 Å². The summed E-state index contributed by atoms with van der Waals surface area (Å²) >= 11 is 0. The van der Waals surface area contributed by atoms with Gasteiger partial charge in [0.2, 0.25) is 0 Å². The van der Waals surface area contributed by atoms with Crippen molar-refractivity contribution >= 4 is 6.29 Å². The third-order valence-electron chi connectivity index (χ3n) is 3.94. The molecule has 1 aliphatic carbocycles. The largest absolute Gasteiger partial charge is 0.315 e. The van der Waals surface area contributed by atoms with E-state index in [1.165, 1.54) is 31.5 Å². The summed E-state index contributed by atoms with van der Waals surface area (Å²) in [5, 5.41) is 8.60. The Hall–Kier alpha value is -1.19. The summed E-state index contributed by atoms with van der Waals surface area (Å²) in [6.45, 7) is 0.928. The lowest BCUT2D eigenvalue weighted by molar-refractivity contribution is -0.111. The number of fused-ring (bicyclic) bond motifs is 1. The van der Waals surface area contributed by atoms with Gasteiger partial charge in [0, 0.05) is 24.8 Å².